The van der Waals surface area contributed by atoms with E-state index in [1.807, 2.05) is 18.2 Å². The SMILES string of the molecule is COc1ccc(-c2cc(C(=O)OCC(=O)NNC(=O)c3ccccc3)c3ccccc3n2)cc1. The van der Waals surface area contributed by atoms with Crippen LogP contribution in [0.5, 0.6) is 5.75 Å². The van der Waals surface area contributed by atoms with Crippen molar-refractivity contribution in [2.45, 2.75) is 0 Å². The van der Waals surface area contributed by atoms with Crippen molar-refractivity contribution in [3.8, 4) is 17.0 Å². The third-order valence-electron chi connectivity index (χ3n) is 5.01. The minimum Gasteiger partial charge on any atom is -0.497 e. The lowest BCUT2D eigenvalue weighted by Crippen LogP contribution is -2.43. The highest BCUT2D eigenvalue weighted by atomic mass is 16.5. The molecule has 2 N–H and O–H groups in total. The summed E-state index contributed by atoms with van der Waals surface area (Å²) < 4.78 is 10.4. The Kier molecular flexibility index (Phi) is 6.78. The normalized spacial score (nSPS) is 10.4. The van der Waals surface area contributed by atoms with E-state index in [9.17, 15) is 14.4 Å². The summed E-state index contributed by atoms with van der Waals surface area (Å²) >= 11 is 0. The number of fused-ring (bicyclic) bond motifs is 1. The van der Waals surface area contributed by atoms with Gasteiger partial charge in [-0.3, -0.25) is 20.4 Å². The summed E-state index contributed by atoms with van der Waals surface area (Å²) in [5, 5.41) is 0.600. The standard InChI is InChI=1S/C26H21N3O5/c1-33-19-13-11-17(12-14-19)23-15-21(20-9-5-6-10-22(20)27-23)26(32)34-16-24(30)28-29-25(31)18-7-3-2-4-8-18/h2-15H,16H2,1H3,(H,28,30)(H,29,31). The number of carbonyl (C=O) groups excluding carboxylic acids is 3. The van der Waals surface area contributed by atoms with Gasteiger partial charge >= 0.3 is 5.97 Å². The third kappa shape index (κ3) is 5.18. The summed E-state index contributed by atoms with van der Waals surface area (Å²) in [6.45, 7) is -0.567. The first-order valence-electron chi connectivity index (χ1n) is 10.4. The van der Waals surface area contributed by atoms with Crippen LogP contribution in [-0.4, -0.2) is 36.5 Å². The molecule has 4 aromatic rings. The second-order valence-electron chi connectivity index (χ2n) is 7.25. The van der Waals surface area contributed by atoms with Gasteiger partial charge in [-0.25, -0.2) is 9.78 Å². The number of methoxy groups -OCH3 is 1. The van der Waals surface area contributed by atoms with Gasteiger partial charge in [0.25, 0.3) is 11.8 Å². The maximum absolute atomic E-state index is 12.9. The van der Waals surface area contributed by atoms with Crippen molar-refractivity contribution >= 4 is 28.7 Å². The molecule has 4 rings (SSSR count). The number of esters is 1. The van der Waals surface area contributed by atoms with Crippen molar-refractivity contribution in [2.24, 2.45) is 0 Å². The topological polar surface area (TPSA) is 107 Å². The molecule has 0 saturated heterocycles. The first-order chi connectivity index (χ1) is 16.5. The number of hydrazine groups is 1. The number of nitrogens with one attached hydrogen (secondary N) is 2. The number of benzene rings is 3. The van der Waals surface area contributed by atoms with Crippen molar-refractivity contribution in [1.82, 2.24) is 15.8 Å². The molecule has 1 aromatic heterocycles. The van der Waals surface area contributed by atoms with Crippen LogP contribution in [0.25, 0.3) is 22.2 Å². The highest BCUT2D eigenvalue weighted by molar-refractivity contribution is 6.05. The Morgan fingerprint density at radius 2 is 1.56 bits per heavy atom. The van der Waals surface area contributed by atoms with Crippen molar-refractivity contribution in [1.29, 1.82) is 0 Å². The zero-order chi connectivity index (χ0) is 23.9. The molecule has 0 atom stereocenters. The van der Waals surface area contributed by atoms with Crippen LogP contribution in [0.1, 0.15) is 20.7 Å². The summed E-state index contributed by atoms with van der Waals surface area (Å²) in [6.07, 6.45) is 0. The number of ether oxygens (including phenoxy) is 2. The minimum absolute atomic E-state index is 0.275. The van der Waals surface area contributed by atoms with E-state index in [2.05, 4.69) is 15.8 Å². The molecule has 0 fully saturated rings. The van der Waals surface area contributed by atoms with Crippen LogP contribution >= 0.6 is 0 Å². The van der Waals surface area contributed by atoms with E-state index in [1.165, 1.54) is 0 Å². The van der Waals surface area contributed by atoms with Gasteiger partial charge in [0.2, 0.25) is 0 Å². The molecule has 8 heteroatoms. The molecule has 1 heterocycles. The Bertz CT molecular complexity index is 1340. The van der Waals surface area contributed by atoms with Crippen molar-refractivity contribution in [2.75, 3.05) is 13.7 Å². The Balaban J connectivity index is 1.47. The number of aromatic nitrogens is 1. The van der Waals surface area contributed by atoms with E-state index in [-0.39, 0.29) is 5.56 Å². The van der Waals surface area contributed by atoms with Gasteiger partial charge in [-0.05, 0) is 48.5 Å². The second-order valence-corrected chi connectivity index (χ2v) is 7.25. The van der Waals surface area contributed by atoms with E-state index in [4.69, 9.17) is 9.47 Å². The fourth-order valence-electron chi connectivity index (χ4n) is 3.29. The first-order valence-corrected chi connectivity index (χ1v) is 10.4. The molecule has 0 aliphatic rings. The van der Waals surface area contributed by atoms with Crippen molar-refractivity contribution in [3.63, 3.8) is 0 Å². The quantitative estimate of drug-likeness (QED) is 0.340. The Morgan fingerprint density at radius 3 is 2.29 bits per heavy atom. The molecule has 0 spiro atoms. The lowest BCUT2D eigenvalue weighted by atomic mass is 10.0. The molecule has 0 saturated carbocycles. The van der Waals surface area contributed by atoms with Gasteiger partial charge in [0.05, 0.1) is 23.9 Å². The van der Waals surface area contributed by atoms with Crippen LogP contribution in [0.15, 0.2) is 84.9 Å². The summed E-state index contributed by atoms with van der Waals surface area (Å²) in [5.74, 6) is -1.14. The monoisotopic (exact) mass is 455 g/mol. The van der Waals surface area contributed by atoms with Crippen LogP contribution in [0.2, 0.25) is 0 Å². The van der Waals surface area contributed by atoms with Gasteiger partial charge in [-0.15, -0.1) is 0 Å². The average Bonchev–Trinajstić information content (AvgIpc) is 2.90. The Hall–Kier alpha value is -4.72. The van der Waals surface area contributed by atoms with Crippen LogP contribution < -0.4 is 15.6 Å². The molecule has 0 unspecified atom stereocenters. The van der Waals surface area contributed by atoms with Gasteiger partial charge in [-0.2, -0.15) is 0 Å². The zero-order valence-electron chi connectivity index (χ0n) is 18.3. The highest BCUT2D eigenvalue weighted by Gasteiger charge is 2.17. The molecule has 0 bridgehead atoms. The number of amides is 2. The molecule has 8 nitrogen and oxygen atoms in total. The molecule has 2 amide bonds. The first kappa shape index (κ1) is 22.5. The molecule has 0 aliphatic carbocycles. The minimum atomic E-state index is -0.683. The predicted molar refractivity (Wildman–Crippen MR) is 126 cm³/mol. The molecule has 3 aromatic carbocycles. The van der Waals surface area contributed by atoms with Gasteiger partial charge < -0.3 is 9.47 Å². The summed E-state index contributed by atoms with van der Waals surface area (Å²) in [5.41, 5.74) is 7.16. The van der Waals surface area contributed by atoms with Crippen LogP contribution in [0, 0.1) is 0 Å². The molecular formula is C26H21N3O5. The van der Waals surface area contributed by atoms with E-state index in [0.717, 1.165) is 5.56 Å². The fourth-order valence-corrected chi connectivity index (χ4v) is 3.29. The van der Waals surface area contributed by atoms with E-state index in [1.54, 1.807) is 73.8 Å². The zero-order valence-corrected chi connectivity index (χ0v) is 18.3. The lowest BCUT2D eigenvalue weighted by Gasteiger charge is -2.11. The van der Waals surface area contributed by atoms with Crippen LogP contribution in [-0.2, 0) is 9.53 Å². The number of rotatable bonds is 6. The fraction of sp³-hybridized carbons (Fsp3) is 0.0769. The van der Waals surface area contributed by atoms with Gasteiger partial charge in [0.15, 0.2) is 6.61 Å². The maximum Gasteiger partial charge on any atom is 0.339 e. The second kappa shape index (κ2) is 10.3. The highest BCUT2D eigenvalue weighted by Crippen LogP contribution is 2.26. The molecular weight excluding hydrogens is 434 g/mol. The maximum atomic E-state index is 12.9. The summed E-state index contributed by atoms with van der Waals surface area (Å²) in [4.78, 5) is 41.6. The largest absolute Gasteiger partial charge is 0.497 e. The van der Waals surface area contributed by atoms with Gasteiger partial charge in [-0.1, -0.05) is 36.4 Å². The molecule has 170 valence electrons. The van der Waals surface area contributed by atoms with Crippen LogP contribution in [0.4, 0.5) is 0 Å². The lowest BCUT2D eigenvalue weighted by molar-refractivity contribution is -0.125. The van der Waals surface area contributed by atoms with Gasteiger partial charge in [0.1, 0.15) is 5.75 Å². The molecule has 34 heavy (non-hydrogen) atoms. The van der Waals surface area contributed by atoms with Crippen molar-refractivity contribution in [3.05, 3.63) is 96.1 Å². The Morgan fingerprint density at radius 1 is 0.853 bits per heavy atom. The summed E-state index contributed by atoms with van der Waals surface area (Å²) in [6, 6.07) is 24.5. The third-order valence-corrected chi connectivity index (χ3v) is 5.01. The van der Waals surface area contributed by atoms with Gasteiger partial charge in [0, 0.05) is 16.5 Å². The average molecular weight is 455 g/mol. The Labute approximate surface area is 195 Å². The predicted octanol–water partition coefficient (Wildman–Crippen LogP) is 3.53. The number of carbonyl (C=O) groups is 3. The van der Waals surface area contributed by atoms with E-state index >= 15 is 0 Å². The number of para-hydroxylation sites is 1. The molecule has 0 radical (unpaired) electrons. The number of hydrogen-bond donors (Lipinski definition) is 2. The smallest absolute Gasteiger partial charge is 0.339 e. The van der Waals surface area contributed by atoms with E-state index < -0.39 is 24.4 Å². The number of nitrogens with zero attached hydrogens (tertiary/aromatic N) is 1. The number of hydrogen-bond acceptors (Lipinski definition) is 6. The summed E-state index contributed by atoms with van der Waals surface area (Å²) in [7, 11) is 1.58. The van der Waals surface area contributed by atoms with Crippen LogP contribution in [0.3, 0.4) is 0 Å². The van der Waals surface area contributed by atoms with E-state index in [0.29, 0.717) is 27.9 Å². The number of pyridine rings is 1. The molecule has 0 aliphatic heterocycles. The van der Waals surface area contributed by atoms with Crippen molar-refractivity contribution < 1.29 is 23.9 Å².